The van der Waals surface area contributed by atoms with E-state index in [0.29, 0.717) is 11.5 Å². The molecule has 27 heavy (non-hydrogen) atoms. The van der Waals surface area contributed by atoms with Crippen molar-refractivity contribution in [2.24, 2.45) is 3.77 Å². The molecule has 1 aliphatic rings. The van der Waals surface area contributed by atoms with Crippen molar-refractivity contribution in [1.29, 1.82) is 0 Å². The molecule has 0 radical (unpaired) electrons. The number of benzene rings is 1. The van der Waals surface area contributed by atoms with Gasteiger partial charge in [0.1, 0.15) is 9.77 Å². The van der Waals surface area contributed by atoms with Gasteiger partial charge in [-0.05, 0) is 54.4 Å². The van der Waals surface area contributed by atoms with E-state index in [1.807, 2.05) is 12.2 Å². The van der Waals surface area contributed by atoms with Gasteiger partial charge in [-0.1, -0.05) is 35.9 Å². The molecule has 1 heterocycles. The minimum Gasteiger partial charge on any atom is -0.462 e. The molecular formula is C18H18ClNO4S3. The Hall–Kier alpha value is -1.48. The summed E-state index contributed by atoms with van der Waals surface area (Å²) in [6.45, 7) is 2.05. The van der Waals surface area contributed by atoms with Crippen molar-refractivity contribution >= 4 is 55.7 Å². The average Bonchev–Trinajstić information content (AvgIpc) is 3.02. The van der Waals surface area contributed by atoms with Crippen LogP contribution in [0.15, 0.2) is 43.2 Å². The van der Waals surface area contributed by atoms with Gasteiger partial charge in [0.25, 0.3) is 10.0 Å². The Morgan fingerprint density at radius 2 is 2.11 bits per heavy atom. The summed E-state index contributed by atoms with van der Waals surface area (Å²) in [6.07, 6.45) is 7.26. The molecule has 1 unspecified atom stereocenters. The normalized spacial score (nSPS) is 14.8. The maximum Gasteiger partial charge on any atom is 0.348 e. The Labute approximate surface area is 170 Å². The maximum absolute atomic E-state index is 12.7. The highest BCUT2D eigenvalue weighted by atomic mass is 35.5. The number of halogens is 1. The number of rotatable bonds is 5. The van der Waals surface area contributed by atoms with E-state index in [2.05, 4.69) is 3.77 Å². The third-order valence-corrected chi connectivity index (χ3v) is 9.70. The zero-order valence-corrected chi connectivity index (χ0v) is 18.0. The molecule has 0 aliphatic heterocycles. The molecule has 0 fully saturated rings. The molecule has 0 saturated heterocycles. The lowest BCUT2D eigenvalue weighted by Crippen LogP contribution is -2.06. The molecule has 1 aliphatic carbocycles. The second-order valence-electron chi connectivity index (χ2n) is 5.73. The first-order valence-corrected chi connectivity index (χ1v) is 12.5. The highest BCUT2D eigenvalue weighted by Crippen LogP contribution is 2.37. The van der Waals surface area contributed by atoms with E-state index < -0.39 is 20.7 Å². The molecule has 1 atom stereocenters. The molecule has 0 amide bonds. The fraction of sp³-hybridized carbons (Fsp3) is 0.278. The number of sulfonamides is 1. The Morgan fingerprint density at radius 1 is 1.37 bits per heavy atom. The van der Waals surface area contributed by atoms with Crippen molar-refractivity contribution in [2.45, 2.75) is 28.9 Å². The number of allylic oxidation sites excluding steroid dienone is 1. The Bertz CT molecular complexity index is 1050. The summed E-state index contributed by atoms with van der Waals surface area (Å²) in [5, 5.41) is 0.138. The van der Waals surface area contributed by atoms with E-state index >= 15 is 0 Å². The van der Waals surface area contributed by atoms with Gasteiger partial charge < -0.3 is 4.74 Å². The van der Waals surface area contributed by atoms with Crippen LogP contribution < -0.4 is 0 Å². The third kappa shape index (κ3) is 4.18. The summed E-state index contributed by atoms with van der Waals surface area (Å²) in [7, 11) is -4.88. The summed E-state index contributed by atoms with van der Waals surface area (Å²) in [6, 6.07) is 6.23. The summed E-state index contributed by atoms with van der Waals surface area (Å²) in [5.41, 5.74) is 1.80. The third-order valence-electron chi connectivity index (χ3n) is 3.91. The molecule has 0 saturated carbocycles. The number of hydrogen-bond acceptors (Lipinski definition) is 5. The number of fused-ring (bicyclic) bond motifs is 1. The van der Waals surface area contributed by atoms with Crippen molar-refractivity contribution in [2.75, 3.05) is 12.9 Å². The van der Waals surface area contributed by atoms with Crippen molar-refractivity contribution in [3.05, 3.63) is 51.4 Å². The minimum atomic E-state index is -3.91. The first-order valence-electron chi connectivity index (χ1n) is 8.23. The van der Waals surface area contributed by atoms with Crippen molar-refractivity contribution < 1.29 is 17.9 Å². The summed E-state index contributed by atoms with van der Waals surface area (Å²) in [4.78, 5) is 12.8. The van der Waals surface area contributed by atoms with Gasteiger partial charge in [-0.2, -0.15) is 8.42 Å². The number of nitrogens with zero attached hydrogens (tertiary/aromatic N) is 1. The predicted octanol–water partition coefficient (Wildman–Crippen LogP) is 4.72. The molecule has 0 N–H and O–H groups in total. The van der Waals surface area contributed by atoms with E-state index in [1.54, 1.807) is 25.3 Å². The number of carbonyl (C=O) groups excluding carboxylic acids is 1. The lowest BCUT2D eigenvalue weighted by Gasteiger charge is -2.09. The first kappa shape index (κ1) is 20.3. The number of thiophene rings is 1. The van der Waals surface area contributed by atoms with Crippen LogP contribution in [0, 0.1) is 0 Å². The lowest BCUT2D eigenvalue weighted by molar-refractivity contribution is 0.0531. The number of carbonyl (C=O) groups is 1. The molecule has 9 heteroatoms. The molecule has 5 nitrogen and oxygen atoms in total. The van der Waals surface area contributed by atoms with Crippen LogP contribution in [-0.2, 0) is 31.9 Å². The van der Waals surface area contributed by atoms with Crippen LogP contribution in [0.25, 0.3) is 6.08 Å². The van der Waals surface area contributed by atoms with Crippen LogP contribution in [0.5, 0.6) is 0 Å². The summed E-state index contributed by atoms with van der Waals surface area (Å²) in [5.74, 6) is -0.369. The van der Waals surface area contributed by atoms with Gasteiger partial charge in [0.2, 0.25) is 0 Å². The molecule has 0 spiro atoms. The maximum atomic E-state index is 12.7. The molecular weight excluding hydrogens is 426 g/mol. The van der Waals surface area contributed by atoms with E-state index in [9.17, 15) is 13.2 Å². The zero-order chi connectivity index (χ0) is 19.6. The van der Waals surface area contributed by atoms with Gasteiger partial charge >= 0.3 is 5.97 Å². The lowest BCUT2D eigenvalue weighted by atomic mass is 10.00. The quantitative estimate of drug-likeness (QED) is 0.627. The second-order valence-corrected chi connectivity index (χ2v) is 10.8. The topological polar surface area (TPSA) is 72.8 Å². The molecule has 3 rings (SSSR count). The van der Waals surface area contributed by atoms with E-state index in [-0.39, 0.29) is 15.9 Å². The van der Waals surface area contributed by atoms with Gasteiger partial charge in [0.15, 0.2) is 0 Å². The van der Waals surface area contributed by atoms with Gasteiger partial charge in [0, 0.05) is 5.56 Å². The minimum absolute atomic E-state index is 0.0161. The van der Waals surface area contributed by atoms with Gasteiger partial charge in [-0.15, -0.1) is 15.1 Å². The largest absolute Gasteiger partial charge is 0.462 e. The van der Waals surface area contributed by atoms with E-state index in [1.165, 1.54) is 23.5 Å². The van der Waals surface area contributed by atoms with Gasteiger partial charge in [-0.3, -0.25) is 0 Å². The molecule has 1 aromatic heterocycles. The first-order chi connectivity index (χ1) is 12.8. The Kier molecular flexibility index (Phi) is 6.20. The van der Waals surface area contributed by atoms with Crippen LogP contribution >= 0.6 is 22.9 Å². The van der Waals surface area contributed by atoms with Crippen LogP contribution in [-0.4, -0.2) is 27.2 Å². The molecule has 144 valence electrons. The van der Waals surface area contributed by atoms with E-state index in [4.69, 9.17) is 16.3 Å². The smallest absolute Gasteiger partial charge is 0.348 e. The molecule has 0 bridgehead atoms. The fourth-order valence-electron chi connectivity index (χ4n) is 2.76. The van der Waals surface area contributed by atoms with Crippen LogP contribution in [0.2, 0.25) is 5.02 Å². The number of hydrogen-bond donors (Lipinski definition) is 0. The Balaban J connectivity index is 2.09. The number of ether oxygens (including phenoxy) is 1. The summed E-state index contributed by atoms with van der Waals surface area (Å²) < 4.78 is 35.4. The average molecular weight is 444 g/mol. The predicted molar refractivity (Wildman–Crippen MR) is 110 cm³/mol. The standard InChI is InChI=1S/C18H18ClNO4S3/c1-3-24-17(21)16-12-8-4-5-9-13(12)18(25-16)26(2)20-27(22,23)15-11-7-6-10-14(15)19/h5-7,9-11H,3-4,8H2,1-2H3. The molecule has 2 aromatic rings. The zero-order valence-electron chi connectivity index (χ0n) is 14.8. The number of esters is 1. The van der Waals surface area contributed by atoms with Gasteiger partial charge in [0.05, 0.1) is 15.8 Å². The van der Waals surface area contributed by atoms with Crippen molar-refractivity contribution in [1.82, 2.24) is 0 Å². The highest BCUT2D eigenvalue weighted by molar-refractivity contribution is 8.00. The SMILES string of the molecule is CCOC(=O)c1sc(S(C)=NS(=O)(=O)c2ccccc2Cl)c2c1CCC=C2. The molecule has 1 aromatic carbocycles. The summed E-state index contributed by atoms with van der Waals surface area (Å²) >= 11 is 7.30. The van der Waals surface area contributed by atoms with Crippen LogP contribution in [0.3, 0.4) is 0 Å². The van der Waals surface area contributed by atoms with Crippen molar-refractivity contribution in [3.8, 4) is 0 Å². The van der Waals surface area contributed by atoms with E-state index in [0.717, 1.165) is 28.2 Å². The fourth-order valence-corrected chi connectivity index (χ4v) is 8.00. The van der Waals surface area contributed by atoms with Gasteiger partial charge in [-0.25, -0.2) is 4.79 Å². The van der Waals surface area contributed by atoms with Crippen molar-refractivity contribution in [3.63, 3.8) is 0 Å². The Morgan fingerprint density at radius 3 is 2.81 bits per heavy atom. The van der Waals surface area contributed by atoms with Crippen LogP contribution in [0.4, 0.5) is 0 Å². The monoisotopic (exact) mass is 443 g/mol. The van der Waals surface area contributed by atoms with Crippen LogP contribution in [0.1, 0.15) is 34.1 Å². The highest BCUT2D eigenvalue weighted by Gasteiger charge is 2.26. The second kappa shape index (κ2) is 8.26.